The van der Waals surface area contributed by atoms with Crippen molar-refractivity contribution < 1.29 is 9.63 Å². The van der Waals surface area contributed by atoms with Crippen LogP contribution in [0.2, 0.25) is 5.02 Å². The molecule has 3 rings (SSSR count). The minimum Gasteiger partial charge on any atom is -0.390 e. The maximum atomic E-state index is 12.7. The van der Waals surface area contributed by atoms with Gasteiger partial charge in [0.2, 0.25) is 5.91 Å². The predicted molar refractivity (Wildman–Crippen MR) is 96.2 cm³/mol. The van der Waals surface area contributed by atoms with Crippen LogP contribution in [0.5, 0.6) is 0 Å². The van der Waals surface area contributed by atoms with Gasteiger partial charge in [0.1, 0.15) is 0 Å². The van der Waals surface area contributed by atoms with Crippen LogP contribution in [0, 0.1) is 5.92 Å². The fourth-order valence-electron chi connectivity index (χ4n) is 3.47. The lowest BCUT2D eigenvalue weighted by Crippen LogP contribution is -2.40. The number of oxime groups is 1. The molecular weight excluding hydrogens is 324 g/mol. The van der Waals surface area contributed by atoms with Crippen molar-refractivity contribution in [2.24, 2.45) is 11.1 Å². The molecule has 0 unspecified atom stereocenters. The summed E-state index contributed by atoms with van der Waals surface area (Å²) in [4.78, 5) is 20.1. The van der Waals surface area contributed by atoms with Gasteiger partial charge in [0, 0.05) is 29.5 Å². The third-order valence-corrected chi connectivity index (χ3v) is 5.04. The van der Waals surface area contributed by atoms with Gasteiger partial charge in [-0.15, -0.1) is 6.58 Å². The van der Waals surface area contributed by atoms with Crippen molar-refractivity contribution in [3.63, 3.8) is 0 Å². The Morgan fingerprint density at radius 1 is 1.38 bits per heavy atom. The number of nitrogens with zero attached hydrogens (tertiary/aromatic N) is 2. The molecule has 0 saturated heterocycles. The summed E-state index contributed by atoms with van der Waals surface area (Å²) in [5, 5.41) is 4.86. The molecule has 4 nitrogen and oxygen atoms in total. The molecule has 1 atom stereocenters. The van der Waals surface area contributed by atoms with E-state index in [0.717, 1.165) is 37.0 Å². The molecule has 0 spiro atoms. The molecule has 1 heterocycles. The van der Waals surface area contributed by atoms with Crippen molar-refractivity contribution in [2.75, 3.05) is 13.1 Å². The van der Waals surface area contributed by atoms with Crippen LogP contribution in [0.4, 0.5) is 0 Å². The minimum absolute atomic E-state index is 0.124. The van der Waals surface area contributed by atoms with Crippen LogP contribution in [0.3, 0.4) is 0 Å². The molecule has 24 heavy (non-hydrogen) atoms. The lowest BCUT2D eigenvalue weighted by Gasteiger charge is -2.26. The molecule has 5 heteroatoms. The van der Waals surface area contributed by atoms with Gasteiger partial charge >= 0.3 is 0 Å². The van der Waals surface area contributed by atoms with E-state index in [2.05, 4.69) is 11.7 Å². The Bertz CT molecular complexity index is 638. The summed E-state index contributed by atoms with van der Waals surface area (Å²) in [6, 6.07) is 7.62. The Kier molecular flexibility index (Phi) is 5.56. The van der Waals surface area contributed by atoms with Crippen LogP contribution in [0.15, 0.2) is 42.1 Å². The molecule has 0 radical (unpaired) electrons. The first-order chi connectivity index (χ1) is 11.7. The highest BCUT2D eigenvalue weighted by Gasteiger charge is 2.31. The highest BCUT2D eigenvalue weighted by Crippen LogP contribution is 2.28. The molecule has 0 N–H and O–H groups in total. The second-order valence-electron chi connectivity index (χ2n) is 6.46. The summed E-state index contributed by atoms with van der Waals surface area (Å²) < 4.78 is 0. The van der Waals surface area contributed by atoms with Crippen LogP contribution in [0.25, 0.3) is 0 Å². The number of amides is 1. The number of benzene rings is 1. The van der Waals surface area contributed by atoms with Gasteiger partial charge in [-0.05, 0) is 18.9 Å². The van der Waals surface area contributed by atoms with E-state index in [0.29, 0.717) is 24.5 Å². The summed E-state index contributed by atoms with van der Waals surface area (Å²) in [6.07, 6.45) is 6.61. The normalized spacial score (nSPS) is 20.5. The van der Waals surface area contributed by atoms with Gasteiger partial charge in [0.25, 0.3) is 0 Å². The molecule has 1 aromatic rings. The van der Waals surface area contributed by atoms with E-state index in [9.17, 15) is 4.79 Å². The summed E-state index contributed by atoms with van der Waals surface area (Å²) >= 11 is 6.23. The van der Waals surface area contributed by atoms with E-state index >= 15 is 0 Å². The van der Waals surface area contributed by atoms with Gasteiger partial charge in [-0.25, -0.2) is 0 Å². The van der Waals surface area contributed by atoms with Crippen molar-refractivity contribution >= 4 is 23.2 Å². The van der Waals surface area contributed by atoms with E-state index in [4.69, 9.17) is 16.4 Å². The van der Waals surface area contributed by atoms with E-state index < -0.39 is 0 Å². The van der Waals surface area contributed by atoms with Crippen LogP contribution in [-0.2, 0) is 9.63 Å². The third-order valence-electron chi connectivity index (χ3n) is 4.71. The predicted octanol–water partition coefficient (Wildman–Crippen LogP) is 4.04. The third kappa shape index (κ3) is 3.81. The second-order valence-corrected chi connectivity index (χ2v) is 6.87. The fourth-order valence-corrected chi connectivity index (χ4v) is 3.71. The Labute approximate surface area is 148 Å². The number of halogens is 1. The summed E-state index contributed by atoms with van der Waals surface area (Å²) in [7, 11) is 0. The maximum absolute atomic E-state index is 12.7. The monoisotopic (exact) mass is 346 g/mol. The average Bonchev–Trinajstić information content (AvgIpc) is 3.26. The molecule has 0 bridgehead atoms. The molecule has 1 fully saturated rings. The smallest absolute Gasteiger partial charge is 0.226 e. The van der Waals surface area contributed by atoms with Gasteiger partial charge in [-0.1, -0.05) is 53.9 Å². The minimum atomic E-state index is -0.124. The van der Waals surface area contributed by atoms with E-state index in [1.807, 2.05) is 29.2 Å². The zero-order valence-electron chi connectivity index (χ0n) is 13.8. The largest absolute Gasteiger partial charge is 0.390 e. The van der Waals surface area contributed by atoms with Crippen LogP contribution in [-0.4, -0.2) is 35.7 Å². The quantitative estimate of drug-likeness (QED) is 0.729. The molecule has 1 aliphatic carbocycles. The summed E-state index contributed by atoms with van der Waals surface area (Å²) in [6.45, 7) is 4.87. The zero-order chi connectivity index (χ0) is 16.9. The molecule has 1 aromatic carbocycles. The summed E-state index contributed by atoms with van der Waals surface area (Å²) in [5.74, 6) is 0.387. The molecule has 128 valence electrons. The first-order valence-electron chi connectivity index (χ1n) is 8.56. The van der Waals surface area contributed by atoms with Crippen molar-refractivity contribution in [1.29, 1.82) is 0 Å². The molecule has 1 amide bonds. The Balaban J connectivity index is 1.62. The van der Waals surface area contributed by atoms with Crippen LogP contribution < -0.4 is 0 Å². The number of rotatable bonds is 6. The maximum Gasteiger partial charge on any atom is 0.226 e. The number of carbonyl (C=O) groups excluding carboxylic acids is 1. The zero-order valence-corrected chi connectivity index (χ0v) is 14.5. The number of hydrogen-bond acceptors (Lipinski definition) is 3. The highest BCUT2D eigenvalue weighted by atomic mass is 35.5. The van der Waals surface area contributed by atoms with Crippen molar-refractivity contribution in [1.82, 2.24) is 4.90 Å². The van der Waals surface area contributed by atoms with Gasteiger partial charge in [-0.2, -0.15) is 0 Å². The van der Waals surface area contributed by atoms with Crippen molar-refractivity contribution in [3.8, 4) is 0 Å². The molecular formula is C19H23ClN2O2. The lowest BCUT2D eigenvalue weighted by molar-refractivity contribution is -0.136. The van der Waals surface area contributed by atoms with Crippen LogP contribution >= 0.6 is 11.6 Å². The molecule has 1 aliphatic heterocycles. The summed E-state index contributed by atoms with van der Waals surface area (Å²) in [5.41, 5.74) is 1.75. The Morgan fingerprint density at radius 3 is 2.83 bits per heavy atom. The van der Waals surface area contributed by atoms with Crippen molar-refractivity contribution in [2.45, 2.75) is 38.2 Å². The number of carbonyl (C=O) groups is 1. The highest BCUT2D eigenvalue weighted by molar-refractivity contribution is 6.34. The van der Waals surface area contributed by atoms with E-state index in [-0.39, 0.29) is 17.9 Å². The van der Waals surface area contributed by atoms with E-state index in [1.165, 1.54) is 0 Å². The van der Waals surface area contributed by atoms with Crippen molar-refractivity contribution in [3.05, 3.63) is 47.5 Å². The lowest BCUT2D eigenvalue weighted by atomic mass is 10.0. The average molecular weight is 347 g/mol. The fraction of sp³-hybridized carbons (Fsp3) is 0.474. The first kappa shape index (κ1) is 17.0. The molecule has 2 aliphatic rings. The Hall–Kier alpha value is -1.81. The van der Waals surface area contributed by atoms with Gasteiger partial charge in [0.05, 0.1) is 12.3 Å². The molecule has 0 aromatic heterocycles. The van der Waals surface area contributed by atoms with Gasteiger partial charge in [-0.3, -0.25) is 4.79 Å². The van der Waals surface area contributed by atoms with Gasteiger partial charge in [0.15, 0.2) is 6.10 Å². The first-order valence-corrected chi connectivity index (χ1v) is 8.94. The van der Waals surface area contributed by atoms with Crippen LogP contribution in [0.1, 0.15) is 37.7 Å². The number of hydrogen-bond donors (Lipinski definition) is 0. The Morgan fingerprint density at radius 2 is 2.12 bits per heavy atom. The second kappa shape index (κ2) is 7.84. The SMILES string of the molecule is C=CCN(C[C@H]1CC(c2ccccc2Cl)=NO1)C(=O)C1CCCC1. The van der Waals surface area contributed by atoms with E-state index in [1.54, 1.807) is 6.08 Å². The standard InChI is InChI=1S/C19H23ClN2O2/c1-2-11-22(19(23)14-7-3-4-8-14)13-15-12-18(21-24-15)16-9-5-6-10-17(16)20/h2,5-6,9-10,14-15H,1,3-4,7-8,11-13H2/t15-/m1/s1. The topological polar surface area (TPSA) is 41.9 Å². The van der Waals surface area contributed by atoms with Gasteiger partial charge < -0.3 is 9.74 Å². The molecule has 1 saturated carbocycles.